The molecule has 0 amide bonds. The smallest absolute Gasteiger partial charge is 0.0621 e. The topological polar surface area (TPSA) is 23.8 Å². The van der Waals surface area contributed by atoms with Gasteiger partial charge >= 0.3 is 0 Å². The zero-order valence-corrected chi connectivity index (χ0v) is 15.3. The summed E-state index contributed by atoms with van der Waals surface area (Å²) in [4.78, 5) is 0. The lowest BCUT2D eigenvalue weighted by atomic mass is 9.73. The van der Waals surface area contributed by atoms with E-state index in [9.17, 15) is 0 Å². The van der Waals surface area contributed by atoms with E-state index < -0.39 is 0 Å². The third kappa shape index (κ3) is 2.30. The van der Waals surface area contributed by atoms with Crippen LogP contribution in [0.1, 0.15) is 47.1 Å². The van der Waals surface area contributed by atoms with Gasteiger partial charge in [-0.3, -0.25) is 0 Å². The number of rotatable bonds is 4. The van der Waals surface area contributed by atoms with Gasteiger partial charge in [0.25, 0.3) is 0 Å². The predicted octanol–water partition coefficient (Wildman–Crippen LogP) is 6.15. The van der Waals surface area contributed by atoms with Crippen LogP contribution in [0.25, 0.3) is 11.1 Å². The monoisotopic (exact) mass is 347 g/mol. The van der Waals surface area contributed by atoms with Crippen molar-refractivity contribution in [1.29, 1.82) is 5.26 Å². The van der Waals surface area contributed by atoms with Gasteiger partial charge in [0.1, 0.15) is 0 Å². The lowest BCUT2D eigenvalue weighted by molar-refractivity contribution is 0.509. The van der Waals surface area contributed by atoms with E-state index >= 15 is 0 Å². The largest absolute Gasteiger partial charge is 0.198 e. The Morgan fingerprint density at radius 2 is 1.52 bits per heavy atom. The van der Waals surface area contributed by atoms with Crippen molar-refractivity contribution in [2.24, 2.45) is 0 Å². The van der Waals surface area contributed by atoms with Crippen molar-refractivity contribution in [3.63, 3.8) is 0 Å². The Hall–Kier alpha value is -3.11. The maximum atomic E-state index is 9.12. The molecule has 1 heteroatoms. The third-order valence-electron chi connectivity index (χ3n) is 6.17. The highest BCUT2D eigenvalue weighted by molar-refractivity contribution is 6.09. The molecule has 2 aliphatic carbocycles. The summed E-state index contributed by atoms with van der Waals surface area (Å²) in [5, 5.41) is 9.12. The fourth-order valence-electron chi connectivity index (χ4n) is 5.17. The molecular formula is C26H21N. The molecule has 0 saturated carbocycles. The van der Waals surface area contributed by atoms with Gasteiger partial charge < -0.3 is 0 Å². The maximum absolute atomic E-state index is 9.12. The van der Waals surface area contributed by atoms with Gasteiger partial charge in [0.2, 0.25) is 0 Å². The fourth-order valence-corrected chi connectivity index (χ4v) is 5.17. The van der Waals surface area contributed by atoms with Gasteiger partial charge in [0.05, 0.1) is 6.07 Å². The van der Waals surface area contributed by atoms with Crippen molar-refractivity contribution in [2.45, 2.75) is 31.1 Å². The SMILES string of the molecule is N#CCCCC12Cc3ccccc3C1=C(c1ccccc1)c1ccccc12. The van der Waals surface area contributed by atoms with Gasteiger partial charge in [-0.25, -0.2) is 0 Å². The molecule has 130 valence electrons. The van der Waals surface area contributed by atoms with Crippen molar-refractivity contribution in [3.05, 3.63) is 107 Å². The second kappa shape index (κ2) is 6.25. The van der Waals surface area contributed by atoms with Crippen molar-refractivity contribution in [3.8, 4) is 6.07 Å². The van der Waals surface area contributed by atoms with Crippen LogP contribution >= 0.6 is 0 Å². The minimum atomic E-state index is 0.00229. The Bertz CT molecular complexity index is 1080. The molecule has 27 heavy (non-hydrogen) atoms. The van der Waals surface area contributed by atoms with E-state index in [0.717, 1.165) is 19.3 Å². The molecule has 3 aromatic carbocycles. The Kier molecular flexibility index (Phi) is 3.73. The van der Waals surface area contributed by atoms with Crippen LogP contribution in [0, 0.1) is 11.3 Å². The minimum Gasteiger partial charge on any atom is -0.198 e. The van der Waals surface area contributed by atoms with Crippen LogP contribution in [0.3, 0.4) is 0 Å². The fraction of sp³-hybridized carbons (Fsp3) is 0.192. The van der Waals surface area contributed by atoms with Crippen molar-refractivity contribution >= 4 is 11.1 Å². The quantitative estimate of drug-likeness (QED) is 0.519. The summed E-state index contributed by atoms with van der Waals surface area (Å²) in [6.07, 6.45) is 3.62. The summed E-state index contributed by atoms with van der Waals surface area (Å²) in [5.74, 6) is 0. The lowest BCUT2D eigenvalue weighted by Crippen LogP contribution is -2.24. The van der Waals surface area contributed by atoms with Gasteiger partial charge in [0.15, 0.2) is 0 Å². The highest BCUT2D eigenvalue weighted by atomic mass is 14.5. The van der Waals surface area contributed by atoms with Gasteiger partial charge in [-0.2, -0.15) is 5.26 Å². The number of benzene rings is 3. The molecule has 2 aliphatic rings. The van der Waals surface area contributed by atoms with Gasteiger partial charge in [-0.05, 0) is 58.2 Å². The standard InChI is InChI=1S/C26H21N/c27-17-9-8-16-26-18-20-12-4-5-13-21(20)25(26)24(19-10-2-1-3-11-19)22-14-6-7-15-23(22)26/h1-7,10-15H,8-9,16,18H2. The molecule has 0 bridgehead atoms. The van der Waals surface area contributed by atoms with E-state index in [1.165, 1.54) is 39.0 Å². The number of hydrogen-bond acceptors (Lipinski definition) is 1. The van der Waals surface area contributed by atoms with Gasteiger partial charge in [-0.1, -0.05) is 78.9 Å². The molecule has 3 aromatic rings. The van der Waals surface area contributed by atoms with E-state index in [1.54, 1.807) is 0 Å². The average molecular weight is 347 g/mol. The first-order valence-electron chi connectivity index (χ1n) is 9.70. The molecule has 0 N–H and O–H groups in total. The first-order chi connectivity index (χ1) is 13.3. The van der Waals surface area contributed by atoms with Crippen molar-refractivity contribution in [2.75, 3.05) is 0 Å². The second-order valence-corrected chi connectivity index (χ2v) is 7.59. The van der Waals surface area contributed by atoms with Gasteiger partial charge in [-0.15, -0.1) is 0 Å². The van der Waals surface area contributed by atoms with Gasteiger partial charge in [0, 0.05) is 11.8 Å². The number of unbranched alkanes of at least 4 members (excludes halogenated alkanes) is 1. The van der Waals surface area contributed by atoms with E-state index in [4.69, 9.17) is 5.26 Å². The highest BCUT2D eigenvalue weighted by Gasteiger charge is 2.49. The summed E-state index contributed by atoms with van der Waals surface area (Å²) in [6, 6.07) is 30.9. The Morgan fingerprint density at radius 1 is 0.815 bits per heavy atom. The third-order valence-corrected chi connectivity index (χ3v) is 6.17. The maximum Gasteiger partial charge on any atom is 0.0621 e. The molecule has 0 spiro atoms. The van der Waals surface area contributed by atoms with E-state index in [2.05, 4.69) is 84.9 Å². The van der Waals surface area contributed by atoms with Crippen LogP contribution in [0.4, 0.5) is 0 Å². The molecule has 1 atom stereocenters. The molecular weight excluding hydrogens is 326 g/mol. The molecule has 0 fully saturated rings. The lowest BCUT2D eigenvalue weighted by Gasteiger charge is -2.29. The van der Waals surface area contributed by atoms with Crippen molar-refractivity contribution < 1.29 is 0 Å². The Labute approximate surface area is 160 Å². The van der Waals surface area contributed by atoms with Crippen LogP contribution < -0.4 is 0 Å². The molecule has 1 nitrogen and oxygen atoms in total. The summed E-state index contributed by atoms with van der Waals surface area (Å²) in [6.45, 7) is 0. The second-order valence-electron chi connectivity index (χ2n) is 7.59. The zero-order chi connectivity index (χ0) is 18.3. The summed E-state index contributed by atoms with van der Waals surface area (Å²) in [5.41, 5.74) is 9.79. The van der Waals surface area contributed by atoms with Crippen LogP contribution in [0.2, 0.25) is 0 Å². The van der Waals surface area contributed by atoms with E-state index in [-0.39, 0.29) is 5.41 Å². The van der Waals surface area contributed by atoms with E-state index in [0.29, 0.717) is 6.42 Å². The minimum absolute atomic E-state index is 0.00229. The number of hydrogen-bond donors (Lipinski definition) is 0. The zero-order valence-electron chi connectivity index (χ0n) is 15.3. The average Bonchev–Trinajstić information content (AvgIpc) is 3.18. The van der Waals surface area contributed by atoms with Crippen molar-refractivity contribution in [1.82, 2.24) is 0 Å². The molecule has 1 unspecified atom stereocenters. The summed E-state index contributed by atoms with van der Waals surface area (Å²) < 4.78 is 0. The molecule has 0 aliphatic heterocycles. The number of fused-ring (bicyclic) bond motifs is 5. The summed E-state index contributed by atoms with van der Waals surface area (Å²) in [7, 11) is 0. The van der Waals surface area contributed by atoms with E-state index in [1.807, 2.05) is 0 Å². The number of nitrogens with zero attached hydrogens (tertiary/aromatic N) is 1. The number of allylic oxidation sites excluding steroid dienone is 1. The first-order valence-corrected chi connectivity index (χ1v) is 9.70. The molecule has 0 heterocycles. The molecule has 0 radical (unpaired) electrons. The van der Waals surface area contributed by atoms with Crippen LogP contribution in [0.5, 0.6) is 0 Å². The normalized spacial score (nSPS) is 19.4. The van der Waals surface area contributed by atoms with Crippen LogP contribution in [0.15, 0.2) is 78.9 Å². The Morgan fingerprint density at radius 3 is 2.33 bits per heavy atom. The highest BCUT2D eigenvalue weighted by Crippen LogP contribution is 2.61. The van der Waals surface area contributed by atoms with Crippen LogP contribution in [-0.4, -0.2) is 0 Å². The molecule has 0 aromatic heterocycles. The predicted molar refractivity (Wildman–Crippen MR) is 110 cm³/mol. The number of nitriles is 1. The van der Waals surface area contributed by atoms with Crippen LogP contribution in [-0.2, 0) is 11.8 Å². The molecule has 0 saturated heterocycles. The first kappa shape index (κ1) is 16.1. The summed E-state index contributed by atoms with van der Waals surface area (Å²) >= 11 is 0. The molecule has 5 rings (SSSR count). The Balaban J connectivity index is 1.82.